The Hall–Kier alpha value is -0.890. The van der Waals surface area contributed by atoms with Crippen LogP contribution in [0.25, 0.3) is 0 Å². The highest BCUT2D eigenvalue weighted by atomic mass is 16.5. The maximum Gasteiger partial charge on any atom is 0.0891 e. The minimum Gasteiger partial charge on any atom is -0.373 e. The first-order valence-electron chi connectivity index (χ1n) is 3.80. The van der Waals surface area contributed by atoms with Crippen molar-refractivity contribution in [1.29, 1.82) is 0 Å². The van der Waals surface area contributed by atoms with E-state index in [1.54, 1.807) is 6.20 Å². The Bertz CT molecular complexity index is 196. The van der Waals surface area contributed by atoms with Crippen LogP contribution < -0.4 is 0 Å². The summed E-state index contributed by atoms with van der Waals surface area (Å²) in [4.78, 5) is 4.13. The molecule has 2 heteroatoms. The van der Waals surface area contributed by atoms with Crippen molar-refractivity contribution in [3.05, 3.63) is 30.1 Å². The monoisotopic (exact) mass is 167 g/mol. The van der Waals surface area contributed by atoms with Gasteiger partial charge in [0.15, 0.2) is 0 Å². The Kier molecular flexibility index (Phi) is 5.30. The lowest BCUT2D eigenvalue weighted by Gasteiger charge is -2.05. The van der Waals surface area contributed by atoms with Crippen molar-refractivity contribution in [3.63, 3.8) is 0 Å². The number of aromatic nitrogens is 1. The van der Waals surface area contributed by atoms with E-state index in [0.717, 1.165) is 5.69 Å². The van der Waals surface area contributed by atoms with Crippen molar-refractivity contribution in [3.8, 4) is 0 Å². The fourth-order valence-corrected chi connectivity index (χ4v) is 0.736. The molecule has 2 nitrogen and oxygen atoms in total. The zero-order valence-corrected chi connectivity index (χ0v) is 6.95. The van der Waals surface area contributed by atoms with Crippen LogP contribution >= 0.6 is 0 Å². The molecule has 0 saturated heterocycles. The Labute approximate surface area is 74.6 Å². The summed E-state index contributed by atoms with van der Waals surface area (Å²) in [5.74, 6) is 0. The molecule has 0 saturated carbocycles. The van der Waals surface area contributed by atoms with E-state index in [1.165, 1.54) is 0 Å². The van der Waals surface area contributed by atoms with Gasteiger partial charge < -0.3 is 4.74 Å². The van der Waals surface area contributed by atoms with Crippen molar-refractivity contribution in [1.82, 2.24) is 4.98 Å². The van der Waals surface area contributed by atoms with E-state index in [9.17, 15) is 0 Å². The van der Waals surface area contributed by atoms with E-state index in [0.29, 0.717) is 6.61 Å². The summed E-state index contributed by atoms with van der Waals surface area (Å²) < 4.78 is 5.37. The summed E-state index contributed by atoms with van der Waals surface area (Å²) in [5.41, 5.74) is 0.987. The van der Waals surface area contributed by atoms with E-state index >= 15 is 0 Å². The molecule has 0 fully saturated rings. The zero-order chi connectivity index (χ0) is 8.10. The van der Waals surface area contributed by atoms with Crippen LogP contribution in [0.5, 0.6) is 0 Å². The highest BCUT2D eigenvalue weighted by Gasteiger charge is 1.94. The number of pyridine rings is 1. The SMILES string of the molecule is C.CC(C)OCc1ccccn1. The molecule has 0 N–H and O–H groups in total. The van der Waals surface area contributed by atoms with E-state index in [4.69, 9.17) is 4.74 Å². The molecule has 0 spiro atoms. The van der Waals surface area contributed by atoms with Crippen molar-refractivity contribution >= 4 is 0 Å². The van der Waals surface area contributed by atoms with E-state index in [2.05, 4.69) is 4.98 Å². The van der Waals surface area contributed by atoms with Crippen LogP contribution in [0.2, 0.25) is 0 Å². The third kappa shape index (κ3) is 4.09. The van der Waals surface area contributed by atoms with Crippen LogP contribution in [0.1, 0.15) is 27.0 Å². The minimum absolute atomic E-state index is 0. The number of ether oxygens (including phenoxy) is 1. The first-order chi connectivity index (χ1) is 5.29. The van der Waals surface area contributed by atoms with Crippen molar-refractivity contribution < 1.29 is 4.74 Å². The van der Waals surface area contributed by atoms with Gasteiger partial charge in [0, 0.05) is 6.20 Å². The smallest absolute Gasteiger partial charge is 0.0891 e. The predicted molar refractivity (Wildman–Crippen MR) is 50.9 cm³/mol. The molecule has 1 aromatic heterocycles. The largest absolute Gasteiger partial charge is 0.373 e. The lowest BCUT2D eigenvalue weighted by Crippen LogP contribution is -2.02. The standard InChI is InChI=1S/C9H13NO.CH4/c1-8(2)11-7-9-5-3-4-6-10-9;/h3-6,8H,7H2,1-2H3;1H4. The predicted octanol–water partition coefficient (Wildman–Crippen LogP) is 2.64. The minimum atomic E-state index is 0. The molecular weight excluding hydrogens is 150 g/mol. The quantitative estimate of drug-likeness (QED) is 0.690. The van der Waals surface area contributed by atoms with Crippen LogP contribution in [0.15, 0.2) is 24.4 Å². The Morgan fingerprint density at radius 3 is 2.67 bits per heavy atom. The van der Waals surface area contributed by atoms with Gasteiger partial charge in [-0.2, -0.15) is 0 Å². The van der Waals surface area contributed by atoms with Gasteiger partial charge in [-0.05, 0) is 26.0 Å². The second kappa shape index (κ2) is 5.72. The molecule has 0 aliphatic heterocycles. The summed E-state index contributed by atoms with van der Waals surface area (Å²) in [5, 5.41) is 0. The maximum absolute atomic E-state index is 5.37. The van der Waals surface area contributed by atoms with E-state index < -0.39 is 0 Å². The topological polar surface area (TPSA) is 22.1 Å². The number of rotatable bonds is 3. The van der Waals surface area contributed by atoms with E-state index in [1.807, 2.05) is 32.0 Å². The van der Waals surface area contributed by atoms with Crippen LogP contribution in [-0.2, 0) is 11.3 Å². The summed E-state index contributed by atoms with van der Waals surface area (Å²) in [6, 6.07) is 5.83. The van der Waals surface area contributed by atoms with Gasteiger partial charge in [0.25, 0.3) is 0 Å². The molecule has 0 aliphatic rings. The normalized spacial score (nSPS) is 9.58. The van der Waals surface area contributed by atoms with Crippen LogP contribution in [0.3, 0.4) is 0 Å². The van der Waals surface area contributed by atoms with Gasteiger partial charge in [-0.1, -0.05) is 13.5 Å². The van der Waals surface area contributed by atoms with Crippen molar-refractivity contribution in [2.75, 3.05) is 0 Å². The van der Waals surface area contributed by atoms with Gasteiger partial charge in [-0.15, -0.1) is 0 Å². The molecule has 1 rings (SSSR count). The molecule has 0 unspecified atom stereocenters. The highest BCUT2D eigenvalue weighted by Crippen LogP contribution is 1.98. The second-order valence-corrected chi connectivity index (χ2v) is 2.68. The van der Waals surface area contributed by atoms with Crippen LogP contribution in [0, 0.1) is 0 Å². The molecule has 0 aromatic carbocycles. The fourth-order valence-electron chi connectivity index (χ4n) is 0.736. The molecule has 0 radical (unpaired) electrons. The van der Waals surface area contributed by atoms with E-state index in [-0.39, 0.29) is 13.5 Å². The fraction of sp³-hybridized carbons (Fsp3) is 0.500. The third-order valence-corrected chi connectivity index (χ3v) is 1.29. The van der Waals surface area contributed by atoms with Gasteiger partial charge >= 0.3 is 0 Å². The van der Waals surface area contributed by atoms with Crippen LogP contribution in [0.4, 0.5) is 0 Å². The molecular formula is C10H17NO. The first kappa shape index (κ1) is 11.1. The second-order valence-electron chi connectivity index (χ2n) is 2.68. The maximum atomic E-state index is 5.37. The highest BCUT2D eigenvalue weighted by molar-refractivity contribution is 5.01. The molecule has 12 heavy (non-hydrogen) atoms. The third-order valence-electron chi connectivity index (χ3n) is 1.29. The first-order valence-corrected chi connectivity index (χ1v) is 3.80. The van der Waals surface area contributed by atoms with Crippen LogP contribution in [-0.4, -0.2) is 11.1 Å². The van der Waals surface area contributed by atoms with Gasteiger partial charge in [-0.3, -0.25) is 4.98 Å². The van der Waals surface area contributed by atoms with Gasteiger partial charge in [0.05, 0.1) is 18.4 Å². The molecule has 0 atom stereocenters. The summed E-state index contributed by atoms with van der Waals surface area (Å²) in [6.07, 6.45) is 2.05. The molecule has 1 heterocycles. The number of hydrogen-bond donors (Lipinski definition) is 0. The number of nitrogens with zero attached hydrogens (tertiary/aromatic N) is 1. The van der Waals surface area contributed by atoms with Crippen molar-refractivity contribution in [2.45, 2.75) is 34.0 Å². The Balaban J connectivity index is 0.00000121. The summed E-state index contributed by atoms with van der Waals surface area (Å²) >= 11 is 0. The molecule has 68 valence electrons. The summed E-state index contributed by atoms with van der Waals surface area (Å²) in [7, 11) is 0. The lowest BCUT2D eigenvalue weighted by molar-refractivity contribution is 0.0636. The molecule has 0 bridgehead atoms. The Morgan fingerprint density at radius 2 is 2.17 bits per heavy atom. The number of hydrogen-bond acceptors (Lipinski definition) is 2. The summed E-state index contributed by atoms with van der Waals surface area (Å²) in [6.45, 7) is 4.64. The zero-order valence-electron chi connectivity index (χ0n) is 6.95. The van der Waals surface area contributed by atoms with Crippen molar-refractivity contribution in [2.24, 2.45) is 0 Å². The Morgan fingerprint density at radius 1 is 1.42 bits per heavy atom. The molecule has 1 aromatic rings. The lowest BCUT2D eigenvalue weighted by atomic mass is 10.4. The van der Waals surface area contributed by atoms with Gasteiger partial charge in [0.1, 0.15) is 0 Å². The van der Waals surface area contributed by atoms with Gasteiger partial charge in [0.2, 0.25) is 0 Å². The average Bonchev–Trinajstić information content (AvgIpc) is 2.03. The van der Waals surface area contributed by atoms with Gasteiger partial charge in [-0.25, -0.2) is 0 Å². The molecule has 0 aliphatic carbocycles. The molecule has 0 amide bonds. The average molecular weight is 167 g/mol.